The Bertz CT molecular complexity index is 772. The van der Waals surface area contributed by atoms with Crippen LogP contribution in [0.2, 0.25) is 0 Å². The molecule has 0 fully saturated rings. The van der Waals surface area contributed by atoms with E-state index in [2.05, 4.69) is 5.32 Å². The number of hydrogen-bond donors (Lipinski definition) is 1. The van der Waals surface area contributed by atoms with E-state index in [0.29, 0.717) is 5.75 Å². The SMILES string of the molecule is Cc1cccc(C(C)C)c1NC(=O)COC(=O)COc1ccc(F)cc1. The number of halogens is 1. The van der Waals surface area contributed by atoms with Gasteiger partial charge in [-0.2, -0.15) is 0 Å². The lowest BCUT2D eigenvalue weighted by Gasteiger charge is -2.16. The topological polar surface area (TPSA) is 64.6 Å². The zero-order valence-corrected chi connectivity index (χ0v) is 15.0. The van der Waals surface area contributed by atoms with Crippen LogP contribution in [0.4, 0.5) is 10.1 Å². The molecule has 6 heteroatoms. The summed E-state index contributed by atoms with van der Waals surface area (Å²) in [5, 5.41) is 2.80. The monoisotopic (exact) mass is 359 g/mol. The zero-order valence-electron chi connectivity index (χ0n) is 15.0. The maximum atomic E-state index is 12.8. The first-order chi connectivity index (χ1) is 12.4. The van der Waals surface area contributed by atoms with Crippen molar-refractivity contribution in [3.63, 3.8) is 0 Å². The number of aryl methyl sites for hydroxylation is 1. The zero-order chi connectivity index (χ0) is 19.1. The molecule has 0 spiro atoms. The van der Waals surface area contributed by atoms with Gasteiger partial charge in [0, 0.05) is 5.69 Å². The molecule has 0 aliphatic heterocycles. The quantitative estimate of drug-likeness (QED) is 0.764. The van der Waals surface area contributed by atoms with E-state index in [9.17, 15) is 14.0 Å². The van der Waals surface area contributed by atoms with Gasteiger partial charge >= 0.3 is 5.97 Å². The van der Waals surface area contributed by atoms with Crippen LogP contribution in [0.5, 0.6) is 5.75 Å². The third-order valence-corrected chi connectivity index (χ3v) is 3.73. The number of benzene rings is 2. The Morgan fingerprint density at radius 1 is 1.08 bits per heavy atom. The number of amides is 1. The Labute approximate surface area is 152 Å². The predicted octanol–water partition coefficient (Wildman–Crippen LogP) is 3.82. The molecule has 5 nitrogen and oxygen atoms in total. The normalized spacial score (nSPS) is 10.5. The highest BCUT2D eigenvalue weighted by atomic mass is 19.1. The average molecular weight is 359 g/mol. The highest BCUT2D eigenvalue weighted by Crippen LogP contribution is 2.27. The fourth-order valence-electron chi connectivity index (χ4n) is 2.38. The van der Waals surface area contributed by atoms with Gasteiger partial charge in [0.15, 0.2) is 13.2 Å². The Morgan fingerprint density at radius 2 is 1.77 bits per heavy atom. The van der Waals surface area contributed by atoms with Gasteiger partial charge in [0.25, 0.3) is 5.91 Å². The first kappa shape index (κ1) is 19.4. The van der Waals surface area contributed by atoms with Crippen molar-refractivity contribution in [2.24, 2.45) is 0 Å². The Hall–Kier alpha value is -2.89. The van der Waals surface area contributed by atoms with Gasteiger partial charge in [0.05, 0.1) is 0 Å². The molecule has 0 bridgehead atoms. The van der Waals surface area contributed by atoms with E-state index in [-0.39, 0.29) is 12.5 Å². The van der Waals surface area contributed by atoms with Gasteiger partial charge in [-0.25, -0.2) is 9.18 Å². The van der Waals surface area contributed by atoms with Gasteiger partial charge in [0.1, 0.15) is 11.6 Å². The van der Waals surface area contributed by atoms with Gasteiger partial charge in [0.2, 0.25) is 0 Å². The lowest BCUT2D eigenvalue weighted by molar-refractivity contribution is -0.149. The number of rotatable bonds is 7. The van der Waals surface area contributed by atoms with Crippen LogP contribution in [0.25, 0.3) is 0 Å². The summed E-state index contributed by atoms with van der Waals surface area (Å²) in [6.07, 6.45) is 0. The number of nitrogens with one attached hydrogen (secondary N) is 1. The first-order valence-corrected chi connectivity index (χ1v) is 8.30. The minimum atomic E-state index is -0.682. The van der Waals surface area contributed by atoms with Gasteiger partial charge in [-0.1, -0.05) is 32.0 Å². The van der Waals surface area contributed by atoms with Crippen molar-refractivity contribution in [2.45, 2.75) is 26.7 Å². The van der Waals surface area contributed by atoms with Crippen LogP contribution in [-0.4, -0.2) is 25.1 Å². The number of ether oxygens (including phenoxy) is 2. The van der Waals surface area contributed by atoms with Crippen LogP contribution in [0.1, 0.15) is 30.9 Å². The van der Waals surface area contributed by atoms with Crippen LogP contribution in [-0.2, 0) is 14.3 Å². The molecule has 0 aliphatic carbocycles. The van der Waals surface area contributed by atoms with Crippen molar-refractivity contribution in [3.05, 3.63) is 59.4 Å². The van der Waals surface area contributed by atoms with Gasteiger partial charge in [-0.3, -0.25) is 4.79 Å². The molecule has 2 aromatic rings. The molecule has 2 rings (SSSR count). The molecule has 0 radical (unpaired) electrons. The van der Waals surface area contributed by atoms with Gasteiger partial charge in [-0.05, 0) is 48.2 Å². The largest absolute Gasteiger partial charge is 0.482 e. The second-order valence-electron chi connectivity index (χ2n) is 6.15. The Kier molecular flexibility index (Phi) is 6.72. The molecule has 0 unspecified atom stereocenters. The number of esters is 1. The molecule has 2 aromatic carbocycles. The lowest BCUT2D eigenvalue weighted by atomic mass is 9.98. The van der Waals surface area contributed by atoms with Crippen molar-refractivity contribution in [1.29, 1.82) is 0 Å². The maximum Gasteiger partial charge on any atom is 0.344 e. The molecule has 0 heterocycles. The summed E-state index contributed by atoms with van der Waals surface area (Å²) >= 11 is 0. The second kappa shape index (κ2) is 8.99. The number of hydrogen-bond acceptors (Lipinski definition) is 4. The van der Waals surface area contributed by atoms with Crippen molar-refractivity contribution >= 4 is 17.6 Å². The van der Waals surface area contributed by atoms with Crippen molar-refractivity contribution in [1.82, 2.24) is 0 Å². The van der Waals surface area contributed by atoms with Crippen molar-refractivity contribution in [3.8, 4) is 5.75 Å². The van der Waals surface area contributed by atoms with Gasteiger partial charge < -0.3 is 14.8 Å². The van der Waals surface area contributed by atoms with Crippen LogP contribution in [0.15, 0.2) is 42.5 Å². The molecule has 0 atom stereocenters. The molecule has 0 saturated heterocycles. The number of carbonyl (C=O) groups excluding carboxylic acids is 2. The molecule has 1 N–H and O–H groups in total. The third-order valence-electron chi connectivity index (χ3n) is 3.73. The van der Waals surface area contributed by atoms with Crippen molar-refractivity contribution in [2.75, 3.05) is 18.5 Å². The van der Waals surface area contributed by atoms with Crippen LogP contribution >= 0.6 is 0 Å². The molecule has 0 saturated carbocycles. The van der Waals surface area contributed by atoms with Crippen LogP contribution in [0, 0.1) is 12.7 Å². The van der Waals surface area contributed by atoms with Crippen LogP contribution in [0.3, 0.4) is 0 Å². The minimum Gasteiger partial charge on any atom is -0.482 e. The summed E-state index contributed by atoms with van der Waals surface area (Å²) in [7, 11) is 0. The summed E-state index contributed by atoms with van der Waals surface area (Å²) in [6, 6.07) is 11.1. The maximum absolute atomic E-state index is 12.8. The highest BCUT2D eigenvalue weighted by molar-refractivity contribution is 5.94. The molecule has 0 aromatic heterocycles. The van der Waals surface area contributed by atoms with Crippen LogP contribution < -0.4 is 10.1 Å². The van der Waals surface area contributed by atoms with E-state index in [4.69, 9.17) is 9.47 Å². The highest BCUT2D eigenvalue weighted by Gasteiger charge is 2.14. The van der Waals surface area contributed by atoms with E-state index < -0.39 is 24.3 Å². The van der Waals surface area contributed by atoms with E-state index in [0.717, 1.165) is 16.8 Å². The second-order valence-corrected chi connectivity index (χ2v) is 6.15. The average Bonchev–Trinajstić information content (AvgIpc) is 2.61. The Balaban J connectivity index is 1.83. The fourth-order valence-corrected chi connectivity index (χ4v) is 2.38. The number of anilines is 1. The van der Waals surface area contributed by atoms with E-state index in [1.807, 2.05) is 39.0 Å². The number of para-hydroxylation sites is 1. The minimum absolute atomic E-state index is 0.247. The molecule has 26 heavy (non-hydrogen) atoms. The lowest BCUT2D eigenvalue weighted by Crippen LogP contribution is -2.24. The van der Waals surface area contributed by atoms with E-state index >= 15 is 0 Å². The number of carbonyl (C=O) groups is 2. The summed E-state index contributed by atoms with van der Waals surface area (Å²) in [5.41, 5.74) is 2.70. The Morgan fingerprint density at radius 3 is 2.42 bits per heavy atom. The van der Waals surface area contributed by atoms with Gasteiger partial charge in [-0.15, -0.1) is 0 Å². The molecule has 138 valence electrons. The standard InChI is InChI=1S/C20H22FNO4/c1-13(2)17-6-4-5-14(3)20(17)22-18(23)11-26-19(24)12-25-16-9-7-15(21)8-10-16/h4-10,13H,11-12H2,1-3H3,(H,22,23). The summed E-state index contributed by atoms with van der Waals surface area (Å²) < 4.78 is 22.9. The summed E-state index contributed by atoms with van der Waals surface area (Å²) in [6.45, 7) is 5.22. The van der Waals surface area contributed by atoms with Crippen molar-refractivity contribution < 1.29 is 23.5 Å². The third kappa shape index (κ3) is 5.58. The summed E-state index contributed by atoms with van der Waals surface area (Å²) in [5.74, 6) is -0.908. The molecule has 1 amide bonds. The predicted molar refractivity (Wildman–Crippen MR) is 96.8 cm³/mol. The van der Waals surface area contributed by atoms with E-state index in [1.54, 1.807) is 0 Å². The molecular formula is C20H22FNO4. The van der Waals surface area contributed by atoms with E-state index in [1.165, 1.54) is 24.3 Å². The molecule has 0 aliphatic rings. The summed E-state index contributed by atoms with van der Waals surface area (Å²) in [4.78, 5) is 23.8. The molecular weight excluding hydrogens is 337 g/mol. The smallest absolute Gasteiger partial charge is 0.344 e. The first-order valence-electron chi connectivity index (χ1n) is 8.30. The fraction of sp³-hybridized carbons (Fsp3) is 0.300.